The highest BCUT2D eigenvalue weighted by atomic mass is 35.5. The molecule has 0 atom stereocenters. The molecule has 0 saturated carbocycles. The fraction of sp³-hybridized carbons (Fsp3) is 0.391. The average Bonchev–Trinajstić information content (AvgIpc) is 3.25. The van der Waals surface area contributed by atoms with Crippen molar-refractivity contribution in [3.63, 3.8) is 0 Å². The van der Waals surface area contributed by atoms with Gasteiger partial charge in [0.1, 0.15) is 0 Å². The fourth-order valence-corrected chi connectivity index (χ4v) is 3.75. The van der Waals surface area contributed by atoms with Gasteiger partial charge in [0, 0.05) is 41.6 Å². The molecule has 1 saturated heterocycles. The lowest BCUT2D eigenvalue weighted by molar-refractivity contribution is 0.0951. The Labute approximate surface area is 183 Å². The predicted octanol–water partition coefficient (Wildman–Crippen LogP) is 3.87. The van der Waals surface area contributed by atoms with Crippen LogP contribution in [0.3, 0.4) is 0 Å². The van der Waals surface area contributed by atoms with Crippen molar-refractivity contribution in [1.82, 2.24) is 10.2 Å². The van der Waals surface area contributed by atoms with Gasteiger partial charge >= 0.3 is 0 Å². The number of amides is 2. The first-order chi connectivity index (χ1) is 14.4. The largest absolute Gasteiger partial charge is 0.371 e. The smallest absolute Gasteiger partial charge is 0.255 e. The molecular formula is C23H29ClN4O2. The van der Waals surface area contributed by atoms with Gasteiger partial charge in [0.2, 0.25) is 0 Å². The van der Waals surface area contributed by atoms with Crippen LogP contribution >= 0.6 is 11.6 Å². The molecule has 0 bridgehead atoms. The summed E-state index contributed by atoms with van der Waals surface area (Å²) in [6.07, 6.45) is 3.12. The van der Waals surface area contributed by atoms with Crippen molar-refractivity contribution in [3.8, 4) is 0 Å². The highest BCUT2D eigenvalue weighted by Gasteiger charge is 2.20. The normalized spacial score (nSPS) is 13.5. The van der Waals surface area contributed by atoms with Gasteiger partial charge in [-0.3, -0.25) is 9.59 Å². The molecule has 6 nitrogen and oxygen atoms in total. The minimum atomic E-state index is -0.260. The number of carbonyl (C=O) groups is 2. The third kappa shape index (κ3) is 5.97. The molecule has 3 rings (SSSR count). The van der Waals surface area contributed by atoms with Crippen LogP contribution in [0.2, 0.25) is 5.02 Å². The zero-order valence-corrected chi connectivity index (χ0v) is 18.3. The van der Waals surface area contributed by atoms with E-state index in [1.165, 1.54) is 0 Å². The van der Waals surface area contributed by atoms with E-state index in [4.69, 9.17) is 11.6 Å². The molecule has 0 unspecified atom stereocenters. The summed E-state index contributed by atoms with van der Waals surface area (Å²) in [5, 5.41) is 6.40. The van der Waals surface area contributed by atoms with E-state index in [0.29, 0.717) is 28.4 Å². The molecule has 2 aromatic carbocycles. The summed E-state index contributed by atoms with van der Waals surface area (Å²) in [5.41, 5.74) is 2.56. The van der Waals surface area contributed by atoms with Crippen LogP contribution in [-0.4, -0.2) is 57.0 Å². The minimum Gasteiger partial charge on any atom is -0.371 e. The number of rotatable bonds is 8. The molecule has 0 radical (unpaired) electrons. The van der Waals surface area contributed by atoms with E-state index in [1.54, 1.807) is 30.3 Å². The molecule has 2 amide bonds. The van der Waals surface area contributed by atoms with Crippen LogP contribution in [-0.2, 0) is 0 Å². The fourth-order valence-electron chi connectivity index (χ4n) is 3.55. The van der Waals surface area contributed by atoms with Crippen LogP contribution < -0.4 is 15.5 Å². The number of halogens is 1. The first kappa shape index (κ1) is 22.1. The summed E-state index contributed by atoms with van der Waals surface area (Å²) in [4.78, 5) is 29.8. The molecule has 0 spiro atoms. The molecule has 2 N–H and O–H groups in total. The lowest BCUT2D eigenvalue weighted by Crippen LogP contribution is -2.29. The van der Waals surface area contributed by atoms with Crippen molar-refractivity contribution in [2.45, 2.75) is 19.3 Å². The Bertz CT molecular complexity index is 895. The van der Waals surface area contributed by atoms with Crippen molar-refractivity contribution in [2.75, 3.05) is 50.5 Å². The van der Waals surface area contributed by atoms with E-state index in [9.17, 15) is 9.59 Å². The molecule has 0 aromatic heterocycles. The van der Waals surface area contributed by atoms with Gasteiger partial charge in [-0.05, 0) is 76.3 Å². The number of benzene rings is 2. The Kier molecular flexibility index (Phi) is 7.71. The highest BCUT2D eigenvalue weighted by molar-refractivity contribution is 6.31. The van der Waals surface area contributed by atoms with Gasteiger partial charge in [-0.15, -0.1) is 0 Å². The maximum Gasteiger partial charge on any atom is 0.255 e. The molecular weight excluding hydrogens is 400 g/mol. The molecule has 2 aromatic rings. The molecule has 1 heterocycles. The Balaban J connectivity index is 1.77. The number of hydrogen-bond donors (Lipinski definition) is 2. The maximum atomic E-state index is 12.9. The second-order valence-electron chi connectivity index (χ2n) is 7.80. The molecule has 0 aliphatic carbocycles. The van der Waals surface area contributed by atoms with Crippen LogP contribution in [0.15, 0.2) is 42.5 Å². The zero-order chi connectivity index (χ0) is 21.5. The summed E-state index contributed by atoms with van der Waals surface area (Å²) in [5.74, 6) is -0.377. The van der Waals surface area contributed by atoms with Crippen LogP contribution in [0.4, 0.5) is 11.4 Å². The first-order valence-corrected chi connectivity index (χ1v) is 10.7. The molecule has 30 heavy (non-hydrogen) atoms. The Hall–Kier alpha value is -2.57. The van der Waals surface area contributed by atoms with E-state index >= 15 is 0 Å². The number of hydrogen-bond acceptors (Lipinski definition) is 4. The van der Waals surface area contributed by atoms with Crippen molar-refractivity contribution in [3.05, 3.63) is 58.6 Å². The Morgan fingerprint density at radius 1 is 1.07 bits per heavy atom. The van der Waals surface area contributed by atoms with Gasteiger partial charge in [-0.25, -0.2) is 0 Å². The van der Waals surface area contributed by atoms with Gasteiger partial charge in [0.25, 0.3) is 11.8 Å². The number of anilines is 2. The Morgan fingerprint density at radius 2 is 1.83 bits per heavy atom. The van der Waals surface area contributed by atoms with Gasteiger partial charge in [0.15, 0.2) is 0 Å². The van der Waals surface area contributed by atoms with Gasteiger partial charge in [-0.1, -0.05) is 17.7 Å². The van der Waals surface area contributed by atoms with Crippen LogP contribution in [0.25, 0.3) is 0 Å². The van der Waals surface area contributed by atoms with E-state index in [0.717, 1.165) is 44.6 Å². The molecule has 7 heteroatoms. The van der Waals surface area contributed by atoms with Gasteiger partial charge < -0.3 is 20.4 Å². The third-order valence-corrected chi connectivity index (χ3v) is 5.34. The quantitative estimate of drug-likeness (QED) is 0.626. The van der Waals surface area contributed by atoms with Crippen LogP contribution in [0.5, 0.6) is 0 Å². The van der Waals surface area contributed by atoms with Crippen LogP contribution in [0.1, 0.15) is 40.0 Å². The van der Waals surface area contributed by atoms with Crippen molar-refractivity contribution in [2.24, 2.45) is 0 Å². The average molecular weight is 429 g/mol. The summed E-state index contributed by atoms with van der Waals surface area (Å²) >= 11 is 5.99. The lowest BCUT2D eigenvalue weighted by Gasteiger charge is -2.22. The van der Waals surface area contributed by atoms with E-state index < -0.39 is 0 Å². The van der Waals surface area contributed by atoms with Gasteiger partial charge in [-0.2, -0.15) is 0 Å². The van der Waals surface area contributed by atoms with Crippen molar-refractivity contribution >= 4 is 34.8 Å². The summed E-state index contributed by atoms with van der Waals surface area (Å²) < 4.78 is 0. The van der Waals surface area contributed by atoms with E-state index in [2.05, 4.69) is 20.4 Å². The number of nitrogens with one attached hydrogen (secondary N) is 2. The first-order valence-electron chi connectivity index (χ1n) is 10.3. The monoisotopic (exact) mass is 428 g/mol. The number of carbonyl (C=O) groups excluding carboxylic acids is 2. The molecule has 160 valence electrons. The third-order valence-electron chi connectivity index (χ3n) is 5.10. The SMILES string of the molecule is CN(C)CCCNC(=O)c1cc(NC(=O)c2cccc(Cl)c2)ccc1N1CCCC1. The Morgan fingerprint density at radius 3 is 2.53 bits per heavy atom. The minimum absolute atomic E-state index is 0.116. The van der Waals surface area contributed by atoms with E-state index in [-0.39, 0.29) is 11.8 Å². The lowest BCUT2D eigenvalue weighted by atomic mass is 10.1. The molecule has 1 fully saturated rings. The summed E-state index contributed by atoms with van der Waals surface area (Å²) in [6, 6.07) is 12.3. The van der Waals surface area contributed by atoms with Crippen molar-refractivity contribution < 1.29 is 9.59 Å². The second kappa shape index (κ2) is 10.5. The van der Waals surface area contributed by atoms with Crippen LogP contribution in [0, 0.1) is 0 Å². The standard InChI is InChI=1S/C23H29ClN4O2/c1-27(2)12-6-11-25-23(30)20-16-19(9-10-21(20)28-13-3-4-14-28)26-22(29)17-7-5-8-18(24)15-17/h5,7-10,15-16H,3-4,6,11-14H2,1-2H3,(H,25,30)(H,26,29). The molecule has 1 aliphatic heterocycles. The zero-order valence-electron chi connectivity index (χ0n) is 17.6. The highest BCUT2D eigenvalue weighted by Crippen LogP contribution is 2.28. The number of nitrogens with zero attached hydrogens (tertiary/aromatic N) is 2. The van der Waals surface area contributed by atoms with Crippen molar-refractivity contribution in [1.29, 1.82) is 0 Å². The predicted molar refractivity (Wildman–Crippen MR) is 123 cm³/mol. The summed E-state index contributed by atoms with van der Waals surface area (Å²) in [7, 11) is 4.03. The maximum absolute atomic E-state index is 12.9. The second-order valence-corrected chi connectivity index (χ2v) is 8.24. The summed E-state index contributed by atoms with van der Waals surface area (Å²) in [6.45, 7) is 3.40. The van der Waals surface area contributed by atoms with E-state index in [1.807, 2.05) is 26.2 Å². The topological polar surface area (TPSA) is 64.7 Å². The van der Waals surface area contributed by atoms with Gasteiger partial charge in [0.05, 0.1) is 5.56 Å². The molecule has 1 aliphatic rings.